The maximum absolute atomic E-state index is 13.9. The number of nitrogen functional groups attached to an aromatic ring is 1. The zero-order valence-corrected chi connectivity index (χ0v) is 10.8. The minimum Gasteiger partial charge on any atom is -0.496 e. The van der Waals surface area contributed by atoms with E-state index >= 15 is 0 Å². The van der Waals surface area contributed by atoms with Crippen LogP contribution < -0.4 is 10.5 Å². The third kappa shape index (κ3) is 2.01. The van der Waals surface area contributed by atoms with E-state index in [0.717, 1.165) is 0 Å². The predicted molar refractivity (Wildman–Crippen MR) is 68.4 cm³/mol. The minimum absolute atomic E-state index is 0.300. The quantitative estimate of drug-likeness (QED) is 0.932. The van der Waals surface area contributed by atoms with E-state index in [1.54, 1.807) is 19.1 Å². The van der Waals surface area contributed by atoms with Gasteiger partial charge in [0.25, 0.3) is 0 Å². The molecule has 0 saturated heterocycles. The van der Waals surface area contributed by atoms with E-state index in [0.29, 0.717) is 22.2 Å². The van der Waals surface area contributed by atoms with Gasteiger partial charge in [0.1, 0.15) is 22.4 Å². The first-order valence-corrected chi connectivity index (χ1v) is 5.75. The number of hydrogen-bond donors (Lipinski definition) is 1. The fraction of sp³-hybridized carbons (Fsp3) is 0.250. The van der Waals surface area contributed by atoms with Crippen LogP contribution in [0.15, 0.2) is 24.4 Å². The molecule has 0 aliphatic heterocycles. The van der Waals surface area contributed by atoms with Crippen LogP contribution in [0.5, 0.6) is 5.75 Å². The number of hydrogen-bond acceptors (Lipinski definition) is 3. The van der Waals surface area contributed by atoms with Crippen molar-refractivity contribution in [3.05, 3.63) is 40.8 Å². The van der Waals surface area contributed by atoms with Crippen LogP contribution in [0, 0.1) is 5.82 Å². The molecular formula is C12H13ClFN3O. The smallest absolute Gasteiger partial charge is 0.141 e. The lowest BCUT2D eigenvalue weighted by Crippen LogP contribution is -2.14. The highest BCUT2D eigenvalue weighted by molar-refractivity contribution is 6.32. The normalized spacial score (nSPS) is 12.4. The van der Waals surface area contributed by atoms with Crippen LogP contribution in [0.4, 0.5) is 10.2 Å². The highest BCUT2D eigenvalue weighted by Gasteiger charge is 2.21. The van der Waals surface area contributed by atoms with Crippen molar-refractivity contribution in [2.24, 2.45) is 0 Å². The molecule has 2 aromatic rings. The number of rotatable bonds is 3. The molecule has 0 saturated carbocycles. The molecule has 1 aromatic heterocycles. The van der Waals surface area contributed by atoms with Crippen molar-refractivity contribution in [1.29, 1.82) is 0 Å². The summed E-state index contributed by atoms with van der Waals surface area (Å²) in [5, 5.41) is 4.39. The molecule has 1 heterocycles. The molecule has 1 unspecified atom stereocenters. The summed E-state index contributed by atoms with van der Waals surface area (Å²) in [6.45, 7) is 1.78. The van der Waals surface area contributed by atoms with Gasteiger partial charge in [0.05, 0.1) is 24.9 Å². The van der Waals surface area contributed by atoms with E-state index < -0.39 is 6.04 Å². The lowest BCUT2D eigenvalue weighted by molar-refractivity contribution is 0.393. The summed E-state index contributed by atoms with van der Waals surface area (Å²) in [4.78, 5) is 0. The first kappa shape index (κ1) is 12.7. The van der Waals surface area contributed by atoms with E-state index in [9.17, 15) is 4.39 Å². The zero-order valence-electron chi connectivity index (χ0n) is 10.0. The third-order valence-electron chi connectivity index (χ3n) is 2.80. The molecule has 18 heavy (non-hydrogen) atoms. The number of aromatic nitrogens is 2. The van der Waals surface area contributed by atoms with Gasteiger partial charge in [-0.25, -0.2) is 9.07 Å². The average Bonchev–Trinajstić information content (AvgIpc) is 2.69. The van der Waals surface area contributed by atoms with E-state index in [-0.39, 0.29) is 5.82 Å². The average molecular weight is 270 g/mol. The van der Waals surface area contributed by atoms with Crippen LogP contribution in [0.3, 0.4) is 0 Å². The van der Waals surface area contributed by atoms with Gasteiger partial charge >= 0.3 is 0 Å². The molecule has 2 rings (SSSR count). The summed E-state index contributed by atoms with van der Waals surface area (Å²) in [5.41, 5.74) is 6.18. The molecule has 0 amide bonds. The number of nitrogens with two attached hydrogens (primary N) is 1. The topological polar surface area (TPSA) is 53.1 Å². The van der Waals surface area contributed by atoms with Crippen molar-refractivity contribution in [1.82, 2.24) is 9.78 Å². The number of nitrogens with zero attached hydrogens (tertiary/aromatic N) is 2. The molecule has 2 N–H and O–H groups in total. The number of halogens is 2. The monoisotopic (exact) mass is 269 g/mol. The van der Waals surface area contributed by atoms with Gasteiger partial charge in [0.2, 0.25) is 0 Å². The third-order valence-corrected chi connectivity index (χ3v) is 3.10. The SMILES string of the molecule is COc1cccc(F)c1C(C)n1ncc(Cl)c1N. The summed E-state index contributed by atoms with van der Waals surface area (Å²) in [5.74, 6) is 0.385. The van der Waals surface area contributed by atoms with Crippen molar-refractivity contribution in [2.75, 3.05) is 12.8 Å². The van der Waals surface area contributed by atoms with Crippen molar-refractivity contribution in [3.8, 4) is 5.75 Å². The van der Waals surface area contributed by atoms with Crippen LogP contribution in [0.1, 0.15) is 18.5 Å². The number of methoxy groups -OCH3 is 1. The molecule has 0 aliphatic rings. The molecule has 6 heteroatoms. The minimum atomic E-state index is -0.409. The number of anilines is 1. The van der Waals surface area contributed by atoms with Gasteiger partial charge in [0, 0.05) is 0 Å². The van der Waals surface area contributed by atoms with Crippen molar-refractivity contribution < 1.29 is 9.13 Å². The Kier molecular flexibility index (Phi) is 3.43. The van der Waals surface area contributed by atoms with Gasteiger partial charge in [0.15, 0.2) is 0 Å². The second kappa shape index (κ2) is 4.86. The van der Waals surface area contributed by atoms with Gasteiger partial charge in [-0.2, -0.15) is 5.10 Å². The van der Waals surface area contributed by atoms with Crippen molar-refractivity contribution >= 4 is 17.4 Å². The van der Waals surface area contributed by atoms with Gasteiger partial charge in [-0.05, 0) is 19.1 Å². The predicted octanol–water partition coefficient (Wildman–Crippen LogP) is 2.88. The molecule has 1 aromatic carbocycles. The first-order chi connectivity index (χ1) is 8.56. The Balaban J connectivity index is 2.52. The Labute approximate surface area is 109 Å². The number of ether oxygens (including phenoxy) is 1. The highest BCUT2D eigenvalue weighted by Crippen LogP contribution is 2.32. The molecule has 0 bridgehead atoms. The molecular weight excluding hydrogens is 257 g/mol. The lowest BCUT2D eigenvalue weighted by Gasteiger charge is -2.18. The van der Waals surface area contributed by atoms with Gasteiger partial charge in [-0.3, -0.25) is 0 Å². The fourth-order valence-corrected chi connectivity index (χ4v) is 2.01. The Hall–Kier alpha value is -1.75. The summed E-state index contributed by atoms with van der Waals surface area (Å²) >= 11 is 5.84. The van der Waals surface area contributed by atoms with E-state index in [1.807, 2.05) is 0 Å². The Morgan fingerprint density at radius 1 is 1.50 bits per heavy atom. The van der Waals surface area contributed by atoms with Crippen LogP contribution in [-0.2, 0) is 0 Å². The summed E-state index contributed by atoms with van der Waals surface area (Å²) < 4.78 is 20.5. The second-order valence-electron chi connectivity index (χ2n) is 3.85. The van der Waals surface area contributed by atoms with Crippen LogP contribution in [-0.4, -0.2) is 16.9 Å². The maximum atomic E-state index is 13.9. The summed E-state index contributed by atoms with van der Waals surface area (Å²) in [6.07, 6.45) is 1.43. The van der Waals surface area contributed by atoms with E-state index in [4.69, 9.17) is 22.1 Å². The second-order valence-corrected chi connectivity index (χ2v) is 4.26. The van der Waals surface area contributed by atoms with E-state index in [1.165, 1.54) is 24.1 Å². The van der Waals surface area contributed by atoms with Crippen LogP contribution in [0.25, 0.3) is 0 Å². The van der Waals surface area contributed by atoms with Gasteiger partial charge < -0.3 is 10.5 Å². The summed E-state index contributed by atoms with van der Waals surface area (Å²) in [6, 6.07) is 4.24. The molecule has 1 atom stereocenters. The highest BCUT2D eigenvalue weighted by atomic mass is 35.5. The Morgan fingerprint density at radius 3 is 2.78 bits per heavy atom. The lowest BCUT2D eigenvalue weighted by atomic mass is 10.1. The van der Waals surface area contributed by atoms with Gasteiger partial charge in [-0.1, -0.05) is 17.7 Å². The van der Waals surface area contributed by atoms with Crippen LogP contribution in [0.2, 0.25) is 5.02 Å². The molecule has 4 nitrogen and oxygen atoms in total. The molecule has 0 spiro atoms. The molecule has 0 fully saturated rings. The van der Waals surface area contributed by atoms with Gasteiger partial charge in [-0.15, -0.1) is 0 Å². The summed E-state index contributed by atoms with van der Waals surface area (Å²) in [7, 11) is 1.49. The fourth-order valence-electron chi connectivity index (χ4n) is 1.88. The maximum Gasteiger partial charge on any atom is 0.141 e. The van der Waals surface area contributed by atoms with Crippen LogP contribution >= 0.6 is 11.6 Å². The standard InChI is InChI=1S/C12H13ClFN3O/c1-7(17-12(15)8(13)6-16-17)11-9(14)4-3-5-10(11)18-2/h3-7H,15H2,1-2H3. The molecule has 96 valence electrons. The number of benzene rings is 1. The van der Waals surface area contributed by atoms with Crippen molar-refractivity contribution in [2.45, 2.75) is 13.0 Å². The Bertz CT molecular complexity index is 570. The zero-order chi connectivity index (χ0) is 13.3. The molecule has 0 radical (unpaired) electrons. The van der Waals surface area contributed by atoms with E-state index in [2.05, 4.69) is 5.10 Å². The van der Waals surface area contributed by atoms with Crippen molar-refractivity contribution in [3.63, 3.8) is 0 Å². The molecule has 0 aliphatic carbocycles. The first-order valence-electron chi connectivity index (χ1n) is 5.37. The Morgan fingerprint density at radius 2 is 2.22 bits per heavy atom. The largest absolute Gasteiger partial charge is 0.496 e.